The lowest BCUT2D eigenvalue weighted by Crippen LogP contribution is -2.37. The molecule has 2 aromatic heterocycles. The van der Waals surface area contributed by atoms with Gasteiger partial charge in [-0.1, -0.05) is 48.0 Å². The fourth-order valence-corrected chi connectivity index (χ4v) is 3.91. The second kappa shape index (κ2) is 10.1. The topological polar surface area (TPSA) is 46.3 Å². The van der Waals surface area contributed by atoms with E-state index in [0.717, 1.165) is 29.2 Å². The summed E-state index contributed by atoms with van der Waals surface area (Å²) < 4.78 is 3.69. The fraction of sp³-hybridized carbons (Fsp3) is 0.231. The zero-order valence-corrected chi connectivity index (χ0v) is 19.9. The molecule has 0 spiro atoms. The molecule has 1 amide bonds. The number of aromatic nitrogens is 3. The van der Waals surface area contributed by atoms with Crippen molar-refractivity contribution in [2.24, 2.45) is 7.05 Å². The first kappa shape index (κ1) is 22.8. The predicted molar refractivity (Wildman–Crippen MR) is 133 cm³/mol. The minimum Gasteiger partial charge on any atom is -0.349 e. The Balaban J connectivity index is 1.77. The van der Waals surface area contributed by atoms with Gasteiger partial charge in [0.15, 0.2) is 0 Å². The van der Waals surface area contributed by atoms with E-state index in [-0.39, 0.29) is 5.91 Å². The third-order valence-electron chi connectivity index (χ3n) is 5.51. The van der Waals surface area contributed by atoms with Gasteiger partial charge in [0.25, 0.3) is 5.91 Å². The average molecular weight is 462 g/mol. The van der Waals surface area contributed by atoms with Gasteiger partial charge < -0.3 is 14.4 Å². The minimum atomic E-state index is -0.0753. The Labute approximate surface area is 199 Å². The largest absolute Gasteiger partial charge is 0.349 e. The number of nitrogens with zero attached hydrogens (tertiary/aromatic N) is 5. The number of carbonyl (C=O) groups is 1. The number of rotatable bonds is 8. The molecule has 33 heavy (non-hydrogen) atoms. The summed E-state index contributed by atoms with van der Waals surface area (Å²) in [5.74, 6) is -0.0753. The van der Waals surface area contributed by atoms with E-state index in [1.165, 1.54) is 0 Å². The Morgan fingerprint density at radius 3 is 2.42 bits per heavy atom. The van der Waals surface area contributed by atoms with Crippen LogP contribution >= 0.6 is 11.6 Å². The zero-order valence-electron chi connectivity index (χ0n) is 19.1. The number of amides is 1. The van der Waals surface area contributed by atoms with Crippen LogP contribution < -0.4 is 0 Å². The summed E-state index contributed by atoms with van der Waals surface area (Å²) in [6.45, 7) is 1.88. The van der Waals surface area contributed by atoms with Gasteiger partial charge in [0.05, 0.1) is 11.4 Å². The summed E-state index contributed by atoms with van der Waals surface area (Å²) in [5.41, 5.74) is 4.01. The molecule has 0 atom stereocenters. The van der Waals surface area contributed by atoms with Gasteiger partial charge in [0, 0.05) is 37.9 Å². The lowest BCUT2D eigenvalue weighted by Gasteiger charge is -2.25. The van der Waals surface area contributed by atoms with Crippen LogP contribution in [0.1, 0.15) is 16.1 Å². The van der Waals surface area contributed by atoms with Gasteiger partial charge in [-0.15, -0.1) is 0 Å². The van der Waals surface area contributed by atoms with E-state index >= 15 is 0 Å². The normalized spacial score (nSPS) is 11.2. The maximum atomic E-state index is 13.9. The Bertz CT molecular complexity index is 1230. The van der Waals surface area contributed by atoms with Crippen LogP contribution in [0, 0.1) is 0 Å². The molecule has 0 N–H and O–H groups in total. The first-order chi connectivity index (χ1) is 15.9. The molecule has 0 bridgehead atoms. The van der Waals surface area contributed by atoms with Crippen molar-refractivity contribution in [2.75, 3.05) is 27.2 Å². The molecular weight excluding hydrogens is 434 g/mol. The number of hydrogen-bond donors (Lipinski definition) is 0. The van der Waals surface area contributed by atoms with Crippen molar-refractivity contribution in [2.45, 2.75) is 6.54 Å². The molecular formula is C26H28ClN5O. The molecule has 2 aromatic carbocycles. The summed E-state index contributed by atoms with van der Waals surface area (Å²) in [5, 5.41) is 5.40. The summed E-state index contributed by atoms with van der Waals surface area (Å²) >= 11 is 6.27. The molecule has 0 fully saturated rings. The molecule has 0 aliphatic rings. The number of aryl methyl sites for hydroxylation is 1. The van der Waals surface area contributed by atoms with Crippen molar-refractivity contribution in [3.63, 3.8) is 0 Å². The maximum absolute atomic E-state index is 13.9. The van der Waals surface area contributed by atoms with Gasteiger partial charge in [0.1, 0.15) is 11.4 Å². The summed E-state index contributed by atoms with van der Waals surface area (Å²) in [6, 6.07) is 23.3. The van der Waals surface area contributed by atoms with Gasteiger partial charge >= 0.3 is 0 Å². The number of benzene rings is 2. The van der Waals surface area contributed by atoms with Crippen LogP contribution in [0.25, 0.3) is 17.1 Å². The third kappa shape index (κ3) is 5.35. The van der Waals surface area contributed by atoms with E-state index in [4.69, 9.17) is 16.7 Å². The number of carbonyl (C=O) groups excluding carboxylic acids is 1. The van der Waals surface area contributed by atoms with Gasteiger partial charge in [-0.05, 0) is 56.1 Å². The third-order valence-corrected chi connectivity index (χ3v) is 5.74. The first-order valence-electron chi connectivity index (χ1n) is 10.9. The molecule has 4 rings (SSSR count). The molecule has 2 heterocycles. The number of hydrogen-bond acceptors (Lipinski definition) is 3. The zero-order chi connectivity index (χ0) is 23.4. The number of likely N-dealkylation sites (N-methyl/N-ethyl adjacent to an activating group) is 1. The molecule has 0 unspecified atom stereocenters. The monoisotopic (exact) mass is 461 g/mol. The van der Waals surface area contributed by atoms with Gasteiger partial charge in [-0.25, -0.2) is 4.68 Å². The van der Waals surface area contributed by atoms with Crippen molar-refractivity contribution in [1.29, 1.82) is 0 Å². The lowest BCUT2D eigenvalue weighted by atomic mass is 10.2. The fourth-order valence-electron chi connectivity index (χ4n) is 3.73. The second-order valence-corrected chi connectivity index (χ2v) is 8.76. The number of halogens is 1. The van der Waals surface area contributed by atoms with Crippen LogP contribution in [0.4, 0.5) is 0 Å². The maximum Gasteiger partial charge on any atom is 0.272 e. The molecule has 0 aliphatic heterocycles. The average Bonchev–Trinajstić information content (AvgIpc) is 3.43. The first-order valence-corrected chi connectivity index (χ1v) is 11.3. The standard InChI is InChI=1S/C26H28ClN5O/c1-29(2)15-16-31(19-20-9-5-4-6-10-20)26(33)25-18-23(24-13-8-14-30(24)3)28-32(25)22-12-7-11-21(27)17-22/h4-14,17-18H,15-16,19H2,1-3H3. The summed E-state index contributed by atoms with van der Waals surface area (Å²) in [4.78, 5) is 17.9. The van der Waals surface area contributed by atoms with E-state index in [9.17, 15) is 4.79 Å². The van der Waals surface area contributed by atoms with E-state index < -0.39 is 0 Å². The van der Waals surface area contributed by atoms with Crippen molar-refractivity contribution < 1.29 is 4.79 Å². The minimum absolute atomic E-state index is 0.0753. The van der Waals surface area contributed by atoms with Crippen LogP contribution in [0.5, 0.6) is 0 Å². The molecule has 4 aromatic rings. The van der Waals surface area contributed by atoms with E-state index in [1.807, 2.05) is 110 Å². The van der Waals surface area contributed by atoms with Crippen molar-refractivity contribution in [3.05, 3.63) is 95.3 Å². The predicted octanol–water partition coefficient (Wildman–Crippen LogP) is 4.74. The van der Waals surface area contributed by atoms with Gasteiger partial charge in [0.2, 0.25) is 0 Å². The molecule has 0 saturated carbocycles. The van der Waals surface area contributed by atoms with Crippen molar-refractivity contribution in [3.8, 4) is 17.1 Å². The van der Waals surface area contributed by atoms with E-state index in [2.05, 4.69) is 4.90 Å². The highest BCUT2D eigenvalue weighted by atomic mass is 35.5. The highest BCUT2D eigenvalue weighted by molar-refractivity contribution is 6.30. The van der Waals surface area contributed by atoms with E-state index in [1.54, 1.807) is 4.68 Å². The Morgan fingerprint density at radius 2 is 1.76 bits per heavy atom. The molecule has 6 nitrogen and oxygen atoms in total. The molecule has 0 radical (unpaired) electrons. The van der Waals surface area contributed by atoms with Crippen LogP contribution in [0.3, 0.4) is 0 Å². The van der Waals surface area contributed by atoms with Gasteiger partial charge in [-0.3, -0.25) is 4.79 Å². The quantitative estimate of drug-likeness (QED) is 0.381. The smallest absolute Gasteiger partial charge is 0.272 e. The molecule has 0 aliphatic carbocycles. The van der Waals surface area contributed by atoms with Crippen LogP contribution in [0.15, 0.2) is 79.0 Å². The van der Waals surface area contributed by atoms with Crippen molar-refractivity contribution in [1.82, 2.24) is 24.1 Å². The highest BCUT2D eigenvalue weighted by Crippen LogP contribution is 2.24. The SMILES string of the molecule is CN(C)CCN(Cc1ccccc1)C(=O)c1cc(-c2cccn2C)nn1-c1cccc(Cl)c1. The van der Waals surface area contributed by atoms with Crippen LogP contribution in [-0.4, -0.2) is 57.2 Å². The molecule has 170 valence electrons. The second-order valence-electron chi connectivity index (χ2n) is 8.33. The summed E-state index contributed by atoms with van der Waals surface area (Å²) in [7, 11) is 5.98. The van der Waals surface area contributed by atoms with Crippen molar-refractivity contribution >= 4 is 17.5 Å². The van der Waals surface area contributed by atoms with E-state index in [0.29, 0.717) is 23.8 Å². The summed E-state index contributed by atoms with van der Waals surface area (Å²) in [6.07, 6.45) is 1.97. The Kier molecular flexibility index (Phi) is 6.96. The van der Waals surface area contributed by atoms with Crippen LogP contribution in [-0.2, 0) is 13.6 Å². The highest BCUT2D eigenvalue weighted by Gasteiger charge is 2.24. The Hall–Kier alpha value is -3.35. The Morgan fingerprint density at radius 1 is 0.970 bits per heavy atom. The molecule has 0 saturated heterocycles. The molecule has 7 heteroatoms. The van der Waals surface area contributed by atoms with Gasteiger partial charge in [-0.2, -0.15) is 5.10 Å². The van der Waals surface area contributed by atoms with Crippen LogP contribution in [0.2, 0.25) is 5.02 Å². The lowest BCUT2D eigenvalue weighted by molar-refractivity contribution is 0.0722.